The Hall–Kier alpha value is -0.900. The van der Waals surface area contributed by atoms with E-state index in [4.69, 9.17) is 17.3 Å². The van der Waals surface area contributed by atoms with Crippen molar-refractivity contribution in [1.29, 1.82) is 0 Å². The van der Waals surface area contributed by atoms with E-state index in [1.165, 1.54) is 17.4 Å². The van der Waals surface area contributed by atoms with Crippen LogP contribution >= 0.6 is 22.9 Å². The first-order valence-electron chi connectivity index (χ1n) is 5.79. The molecule has 1 aromatic carbocycles. The van der Waals surface area contributed by atoms with E-state index in [-0.39, 0.29) is 11.9 Å². The number of benzene rings is 1. The van der Waals surface area contributed by atoms with Crippen LogP contribution in [-0.4, -0.2) is 0 Å². The first kappa shape index (κ1) is 13.5. The third kappa shape index (κ3) is 2.74. The molecule has 4 heteroatoms. The predicted octanol–water partition coefficient (Wildman–Crippen LogP) is 4.86. The molecule has 1 heterocycles. The van der Waals surface area contributed by atoms with E-state index in [0.29, 0.717) is 16.5 Å². The largest absolute Gasteiger partial charge is 0.323 e. The third-order valence-electron chi connectivity index (χ3n) is 2.87. The minimum Gasteiger partial charge on any atom is -0.323 e. The number of thiophene rings is 1. The smallest absolute Gasteiger partial charge is 0.131 e. The van der Waals surface area contributed by atoms with Gasteiger partial charge in [-0.1, -0.05) is 25.4 Å². The van der Waals surface area contributed by atoms with Gasteiger partial charge in [-0.3, -0.25) is 0 Å². The van der Waals surface area contributed by atoms with Gasteiger partial charge in [0.05, 0.1) is 0 Å². The predicted molar refractivity (Wildman–Crippen MR) is 76.5 cm³/mol. The van der Waals surface area contributed by atoms with Crippen molar-refractivity contribution >= 4 is 22.9 Å². The first-order valence-corrected chi connectivity index (χ1v) is 6.99. The van der Waals surface area contributed by atoms with Crippen molar-refractivity contribution in [3.05, 3.63) is 46.0 Å². The van der Waals surface area contributed by atoms with Gasteiger partial charge in [0.25, 0.3) is 0 Å². The Morgan fingerprint density at radius 3 is 2.61 bits per heavy atom. The van der Waals surface area contributed by atoms with Gasteiger partial charge in [-0.2, -0.15) is 0 Å². The highest BCUT2D eigenvalue weighted by molar-refractivity contribution is 7.15. The lowest BCUT2D eigenvalue weighted by Gasteiger charge is -2.12. The van der Waals surface area contributed by atoms with E-state index < -0.39 is 0 Å². The van der Waals surface area contributed by atoms with Gasteiger partial charge in [0.15, 0.2) is 0 Å². The van der Waals surface area contributed by atoms with E-state index in [1.54, 1.807) is 12.1 Å². The number of rotatable bonds is 3. The van der Waals surface area contributed by atoms with Crippen LogP contribution < -0.4 is 5.73 Å². The lowest BCUT2D eigenvalue weighted by molar-refractivity contribution is 0.521. The highest BCUT2D eigenvalue weighted by atomic mass is 35.5. The van der Waals surface area contributed by atoms with Crippen LogP contribution in [0, 0.1) is 11.7 Å². The molecule has 0 saturated heterocycles. The normalized spacial score (nSPS) is 13.0. The fourth-order valence-corrected chi connectivity index (χ4v) is 3.06. The monoisotopic (exact) mass is 283 g/mol. The van der Waals surface area contributed by atoms with Crippen LogP contribution in [0.3, 0.4) is 0 Å². The van der Waals surface area contributed by atoms with Crippen molar-refractivity contribution in [1.82, 2.24) is 0 Å². The molecule has 0 aliphatic carbocycles. The molecule has 1 aromatic heterocycles. The van der Waals surface area contributed by atoms with Crippen molar-refractivity contribution in [2.24, 2.45) is 11.7 Å². The lowest BCUT2D eigenvalue weighted by Crippen LogP contribution is -2.14. The Kier molecular flexibility index (Phi) is 4.05. The van der Waals surface area contributed by atoms with E-state index in [9.17, 15) is 4.39 Å². The van der Waals surface area contributed by atoms with Gasteiger partial charge >= 0.3 is 0 Å². The first-order chi connectivity index (χ1) is 8.49. The van der Waals surface area contributed by atoms with Crippen LogP contribution in [0.4, 0.5) is 4.39 Å². The summed E-state index contributed by atoms with van der Waals surface area (Å²) in [5.74, 6) is 0.103. The zero-order valence-corrected chi connectivity index (χ0v) is 11.9. The summed E-state index contributed by atoms with van der Waals surface area (Å²) in [6, 6.07) is 8.44. The van der Waals surface area contributed by atoms with Gasteiger partial charge in [0, 0.05) is 26.4 Å². The summed E-state index contributed by atoms with van der Waals surface area (Å²) in [6.45, 7) is 4.15. The second-order valence-corrected chi connectivity index (χ2v) is 6.15. The number of hydrogen-bond donors (Lipinski definition) is 1. The summed E-state index contributed by atoms with van der Waals surface area (Å²) < 4.78 is 13.7. The zero-order valence-electron chi connectivity index (χ0n) is 10.3. The molecule has 2 aromatic rings. The van der Waals surface area contributed by atoms with Crippen LogP contribution in [0.15, 0.2) is 30.3 Å². The molecule has 1 nitrogen and oxygen atoms in total. The van der Waals surface area contributed by atoms with Crippen LogP contribution in [0.5, 0.6) is 0 Å². The molecule has 0 aliphatic heterocycles. The molecule has 2 N–H and O–H groups in total. The number of halogens is 2. The molecule has 1 unspecified atom stereocenters. The van der Waals surface area contributed by atoms with E-state index >= 15 is 0 Å². The minimum absolute atomic E-state index is 0.00834. The standard InChI is InChI=1S/C14H15ClFNS/c1-8(2)14(17)13-6-5-12(18-13)10-7-9(15)3-4-11(10)16/h3-8,14H,17H2,1-2H3. The van der Waals surface area contributed by atoms with Gasteiger partial charge in [-0.15, -0.1) is 11.3 Å². The second-order valence-electron chi connectivity index (χ2n) is 4.60. The third-order valence-corrected chi connectivity index (χ3v) is 4.32. The summed E-state index contributed by atoms with van der Waals surface area (Å²) in [7, 11) is 0. The quantitative estimate of drug-likeness (QED) is 0.855. The van der Waals surface area contributed by atoms with Gasteiger partial charge in [-0.25, -0.2) is 4.39 Å². The van der Waals surface area contributed by atoms with E-state index in [2.05, 4.69) is 13.8 Å². The zero-order chi connectivity index (χ0) is 13.3. The van der Waals surface area contributed by atoms with Gasteiger partial charge < -0.3 is 5.73 Å². The molecule has 96 valence electrons. The maximum Gasteiger partial charge on any atom is 0.131 e. The summed E-state index contributed by atoms with van der Waals surface area (Å²) in [5.41, 5.74) is 6.62. The van der Waals surface area contributed by atoms with Crippen LogP contribution in [0.1, 0.15) is 24.8 Å². The van der Waals surface area contributed by atoms with Crippen molar-refractivity contribution in [3.8, 4) is 10.4 Å². The fraction of sp³-hybridized carbons (Fsp3) is 0.286. The summed E-state index contributed by atoms with van der Waals surface area (Å²) in [4.78, 5) is 1.93. The van der Waals surface area contributed by atoms with Crippen molar-refractivity contribution in [2.75, 3.05) is 0 Å². The molecule has 0 radical (unpaired) electrons. The van der Waals surface area contributed by atoms with Crippen LogP contribution in [0.25, 0.3) is 10.4 Å². The molecule has 0 saturated carbocycles. The Labute approximate surface area is 115 Å². The maximum atomic E-state index is 13.7. The summed E-state index contributed by atoms with van der Waals surface area (Å²) in [6.07, 6.45) is 0. The molecule has 0 amide bonds. The second kappa shape index (κ2) is 5.39. The van der Waals surface area contributed by atoms with Crippen LogP contribution in [-0.2, 0) is 0 Å². The molecule has 1 atom stereocenters. The SMILES string of the molecule is CC(C)C(N)c1ccc(-c2cc(Cl)ccc2F)s1. The average Bonchev–Trinajstić information content (AvgIpc) is 2.80. The molecular weight excluding hydrogens is 269 g/mol. The fourth-order valence-electron chi connectivity index (χ4n) is 1.69. The van der Waals surface area contributed by atoms with Crippen molar-refractivity contribution in [2.45, 2.75) is 19.9 Å². The molecule has 2 rings (SSSR count). The lowest BCUT2D eigenvalue weighted by atomic mass is 10.0. The average molecular weight is 284 g/mol. The molecule has 0 spiro atoms. The van der Waals surface area contributed by atoms with E-state index in [1.807, 2.05) is 12.1 Å². The molecule has 0 bridgehead atoms. The Morgan fingerprint density at radius 2 is 1.94 bits per heavy atom. The molecular formula is C14H15ClFNS. The Balaban J connectivity index is 2.38. The van der Waals surface area contributed by atoms with Gasteiger partial charge in [-0.05, 0) is 36.2 Å². The number of hydrogen-bond acceptors (Lipinski definition) is 2. The van der Waals surface area contributed by atoms with Crippen molar-refractivity contribution < 1.29 is 4.39 Å². The van der Waals surface area contributed by atoms with E-state index in [0.717, 1.165) is 9.75 Å². The molecule has 0 aliphatic rings. The topological polar surface area (TPSA) is 26.0 Å². The molecule has 0 fully saturated rings. The molecule has 18 heavy (non-hydrogen) atoms. The van der Waals surface area contributed by atoms with Crippen LogP contribution in [0.2, 0.25) is 5.02 Å². The minimum atomic E-state index is -0.258. The van der Waals surface area contributed by atoms with Crippen molar-refractivity contribution in [3.63, 3.8) is 0 Å². The highest BCUT2D eigenvalue weighted by Crippen LogP contribution is 2.35. The summed E-state index contributed by atoms with van der Waals surface area (Å²) in [5, 5.41) is 0.537. The Morgan fingerprint density at radius 1 is 1.22 bits per heavy atom. The number of nitrogens with two attached hydrogens (primary N) is 1. The Bertz CT molecular complexity index is 550. The summed E-state index contributed by atoms with van der Waals surface area (Å²) >= 11 is 7.42. The van der Waals surface area contributed by atoms with Gasteiger partial charge in [0.2, 0.25) is 0 Å². The highest BCUT2D eigenvalue weighted by Gasteiger charge is 2.15. The maximum absolute atomic E-state index is 13.7. The van der Waals surface area contributed by atoms with Gasteiger partial charge in [0.1, 0.15) is 5.82 Å².